The van der Waals surface area contributed by atoms with Gasteiger partial charge in [0.25, 0.3) is 11.1 Å². The van der Waals surface area contributed by atoms with Crippen molar-refractivity contribution >= 4 is 116 Å². The van der Waals surface area contributed by atoms with Crippen molar-refractivity contribution in [1.82, 2.24) is 50.6 Å². The Morgan fingerprint density at radius 3 is 1.16 bits per heavy atom. The molecule has 0 atom stereocenters. The molecule has 536 valence electrons. The molecule has 3 aromatic heterocycles. The van der Waals surface area contributed by atoms with E-state index in [4.69, 9.17) is 74.3 Å². The fourth-order valence-electron chi connectivity index (χ4n) is 14.0. The van der Waals surface area contributed by atoms with E-state index in [1.54, 1.807) is 85.2 Å². The van der Waals surface area contributed by atoms with Crippen molar-refractivity contribution < 1.29 is 19.1 Å². The number of piperidine rings is 3. The Labute approximate surface area is 625 Å². The van der Waals surface area contributed by atoms with Crippen LogP contribution in [-0.4, -0.2) is 130 Å². The Balaban J connectivity index is 0.000000137. The zero-order valence-corrected chi connectivity index (χ0v) is 60.1. The summed E-state index contributed by atoms with van der Waals surface area (Å²) < 4.78 is 9.95. The first-order valence-electron chi connectivity index (χ1n) is 33.6. The first-order valence-corrected chi connectivity index (χ1v) is 35.8. The Hall–Kier alpha value is -9.13. The number of carbonyl (C=O) groups excluding carboxylic acids is 3. The van der Waals surface area contributed by atoms with Gasteiger partial charge in [0.05, 0.1) is 73.0 Å². The third kappa shape index (κ3) is 15.3. The molecular weight excluding hydrogens is 1440 g/mol. The topological polar surface area (TPSA) is 229 Å². The molecule has 6 saturated heterocycles. The molecule has 3 amide bonds. The average Bonchev–Trinajstić information content (AvgIpc) is 1.69. The van der Waals surface area contributed by atoms with Crippen molar-refractivity contribution in [3.8, 4) is 22.8 Å². The lowest BCUT2D eigenvalue weighted by molar-refractivity contribution is -0.125. The maximum atomic E-state index is 13.7. The van der Waals surface area contributed by atoms with E-state index in [1.165, 1.54) is 15.6 Å². The lowest BCUT2D eigenvalue weighted by Gasteiger charge is -2.44. The second-order valence-electron chi connectivity index (χ2n) is 26.3. The van der Waals surface area contributed by atoms with Crippen LogP contribution in [0.5, 0.6) is 5.75 Å². The fraction of sp³-hybridized carbons (Fsp3) is 0.320. The summed E-state index contributed by atoms with van der Waals surface area (Å²) in [6.07, 6.45) is 11.0. The highest BCUT2D eigenvalue weighted by Crippen LogP contribution is 2.46. The Morgan fingerprint density at radius 2 is 0.757 bits per heavy atom. The van der Waals surface area contributed by atoms with Gasteiger partial charge in [-0.3, -0.25) is 28.8 Å². The highest BCUT2D eigenvalue weighted by molar-refractivity contribution is 6.41. The molecule has 7 aliphatic rings. The molecule has 0 radical (unpaired) electrons. The van der Waals surface area contributed by atoms with Crippen molar-refractivity contribution in [3.05, 3.63) is 244 Å². The van der Waals surface area contributed by atoms with Crippen molar-refractivity contribution in [2.24, 2.45) is 5.41 Å². The van der Waals surface area contributed by atoms with Crippen LogP contribution >= 0.6 is 69.6 Å². The third-order valence-corrected chi connectivity index (χ3v) is 21.8. The highest BCUT2D eigenvalue weighted by atomic mass is 35.5. The van der Waals surface area contributed by atoms with Crippen LogP contribution in [0.2, 0.25) is 30.1 Å². The van der Waals surface area contributed by atoms with Crippen molar-refractivity contribution in [1.29, 1.82) is 0 Å². The van der Waals surface area contributed by atoms with E-state index in [2.05, 4.69) is 75.2 Å². The molecule has 9 aromatic rings. The zero-order chi connectivity index (χ0) is 71.3. The predicted octanol–water partition coefficient (Wildman–Crippen LogP) is 12.0. The van der Waals surface area contributed by atoms with Crippen LogP contribution in [0.25, 0.3) is 17.1 Å². The summed E-state index contributed by atoms with van der Waals surface area (Å²) in [5.74, 6) is 0.586. The van der Waals surface area contributed by atoms with Gasteiger partial charge in [-0.05, 0) is 155 Å². The summed E-state index contributed by atoms with van der Waals surface area (Å²) in [5, 5.41) is 26.8. The first kappa shape index (κ1) is 73.6. The number of ether oxygens (including phenoxy) is 1. The van der Waals surface area contributed by atoms with Gasteiger partial charge in [-0.2, -0.15) is 29.3 Å². The first-order chi connectivity index (χ1) is 49.3. The average molecular weight is 1510 g/mol. The number of para-hydroxylation sites is 3. The molecular formula is C75H77Cl6N15O7. The molecule has 9 heterocycles. The molecule has 3 spiro atoms. The van der Waals surface area contributed by atoms with Gasteiger partial charge in [-0.25, -0.2) is 0 Å². The third-order valence-electron chi connectivity index (χ3n) is 20.0. The summed E-state index contributed by atoms with van der Waals surface area (Å²) in [7, 11) is 0. The number of aromatic nitrogens is 6. The lowest BCUT2D eigenvalue weighted by Crippen LogP contribution is -2.56. The Kier molecular flexibility index (Phi) is 22.5. The summed E-state index contributed by atoms with van der Waals surface area (Å²) in [6, 6.07) is 50.9. The number of carbonyl (C=O) groups is 3. The minimum absolute atomic E-state index is 0. The van der Waals surface area contributed by atoms with Gasteiger partial charge in [0.15, 0.2) is 0 Å². The van der Waals surface area contributed by atoms with E-state index in [-0.39, 0.29) is 56.7 Å². The molecule has 1 saturated carbocycles. The van der Waals surface area contributed by atoms with Crippen LogP contribution < -0.4 is 67.2 Å². The smallest absolute Gasteiger partial charge is 0.316 e. The molecule has 6 aromatic carbocycles. The summed E-state index contributed by atoms with van der Waals surface area (Å²) in [4.78, 5) is 87.1. The quantitative estimate of drug-likeness (QED) is 0.0943. The van der Waals surface area contributed by atoms with Gasteiger partial charge in [0.2, 0.25) is 23.5 Å². The minimum Gasteiger partial charge on any atom is -0.486 e. The zero-order valence-electron chi connectivity index (χ0n) is 55.6. The van der Waals surface area contributed by atoms with Crippen LogP contribution in [0.4, 0.5) is 28.4 Å². The molecule has 6 aliphatic heterocycles. The Morgan fingerprint density at radius 1 is 0.408 bits per heavy atom. The fourth-order valence-corrected chi connectivity index (χ4v) is 15.1. The number of hydrogen-bond acceptors (Lipinski definition) is 16. The van der Waals surface area contributed by atoms with Gasteiger partial charge < -0.3 is 50.5 Å². The Bertz CT molecular complexity index is 4740. The molecule has 0 unspecified atom stereocenters. The van der Waals surface area contributed by atoms with Crippen LogP contribution in [0, 0.1) is 5.41 Å². The van der Waals surface area contributed by atoms with Crippen LogP contribution in [0.15, 0.2) is 197 Å². The second-order valence-corrected chi connectivity index (χ2v) is 28.8. The van der Waals surface area contributed by atoms with E-state index in [0.29, 0.717) is 128 Å². The second kappa shape index (κ2) is 31.5. The van der Waals surface area contributed by atoms with Gasteiger partial charge in [-0.1, -0.05) is 157 Å². The number of benzene rings is 6. The maximum absolute atomic E-state index is 13.7. The summed E-state index contributed by atoms with van der Waals surface area (Å²) in [5.41, 5.74) is 3.48. The number of rotatable bonds is 11. The van der Waals surface area contributed by atoms with Gasteiger partial charge in [-0.15, -0.1) is 0 Å². The van der Waals surface area contributed by atoms with Crippen LogP contribution in [0.3, 0.4) is 0 Å². The minimum atomic E-state index is -0.608. The van der Waals surface area contributed by atoms with E-state index < -0.39 is 22.2 Å². The molecule has 0 bridgehead atoms. The van der Waals surface area contributed by atoms with Gasteiger partial charge in [0.1, 0.15) is 32.3 Å². The molecule has 16 rings (SSSR count). The number of halogens is 6. The molecule has 103 heavy (non-hydrogen) atoms. The number of nitrogens with zero attached hydrogens (tertiary/aromatic N) is 11. The predicted molar refractivity (Wildman–Crippen MR) is 408 cm³/mol. The number of anilines is 5. The van der Waals surface area contributed by atoms with Crippen molar-refractivity contribution in [3.63, 3.8) is 0 Å². The molecule has 1 aliphatic carbocycles. The van der Waals surface area contributed by atoms with Gasteiger partial charge >= 0.3 is 5.56 Å². The van der Waals surface area contributed by atoms with Crippen LogP contribution in [0.1, 0.15) is 65.7 Å². The van der Waals surface area contributed by atoms with E-state index in [0.717, 1.165) is 60.5 Å². The summed E-state index contributed by atoms with van der Waals surface area (Å²) >= 11 is 35.9. The number of hydrogen-bond donors (Lipinski definition) is 4. The summed E-state index contributed by atoms with van der Waals surface area (Å²) in [6.45, 7) is 8.46. The molecule has 22 nitrogen and oxygen atoms in total. The molecule has 7 fully saturated rings. The highest BCUT2D eigenvalue weighted by Gasteiger charge is 2.53. The maximum Gasteiger partial charge on any atom is 0.316 e. The van der Waals surface area contributed by atoms with Crippen LogP contribution in [-0.2, 0) is 14.4 Å². The monoisotopic (exact) mass is 1510 g/mol. The van der Waals surface area contributed by atoms with E-state index in [1.807, 2.05) is 83.8 Å². The molecule has 4 N–H and O–H groups in total. The largest absolute Gasteiger partial charge is 0.486 e. The normalized spacial score (nSPS) is 17.9. The van der Waals surface area contributed by atoms with E-state index in [9.17, 15) is 28.8 Å². The number of nitrogens with one attached hydrogen (secondary N) is 4. The standard InChI is InChI=1S/C28H30ClN5O3.C23H21Cl2N5O2.C13H17N3O.C10H5Cl3N2O.CH4/c1-27(10-11-27)18-37-24-23(17-31-34(25(24)35)22-9-5-6-20(29)16-22)32-14-12-28(13-15-32)26(36)30-19-33(28)21-7-3-2-4-8-21;24-16-5-4-8-18(13-16)30-21(31)20(25)19(14-27-30)28-11-9-23(10-12-28)22(32)26-15-29(23)17-6-2-1-3-7-17;17-12-13(6-8-14-9-7-13)16(10-15-12)11-4-2-1-3-5-11;11-6-2-1-3-7(4-6)15-10(16)9(13)8(12)5-14-15;/h2-9,16-17H,10-15,18-19H2,1H3,(H,30,36);1-8,13-14H,9-12,15H2,(H,26,32);1-5,14H,6-10H2,(H,15,17);1-5H;1H4. The van der Waals surface area contributed by atoms with Crippen molar-refractivity contribution in [2.45, 2.75) is 82.3 Å². The SMILES string of the molecule is C.CC1(COc2c(N3CCC4(CC3)C(=O)NCN4c3ccccc3)cnn(-c3cccc(Cl)c3)c2=O)CC1.O=C1NCN(c2ccccc2)C12CCN(c1cnn(-c3cccc(Cl)c3)c(=O)c1Cl)CC2.O=C1NCN(c2ccccc2)C12CCNCC2.O=c1c(Cl)c(Cl)cnn1-c1cccc(Cl)c1. The number of amides is 3. The van der Waals surface area contributed by atoms with E-state index >= 15 is 0 Å². The van der Waals surface area contributed by atoms with Gasteiger partial charge in [0, 0.05) is 63.7 Å². The molecule has 28 heteroatoms. The lowest BCUT2D eigenvalue weighted by atomic mass is 9.85. The van der Waals surface area contributed by atoms with Crippen molar-refractivity contribution in [2.75, 3.05) is 90.4 Å².